The summed E-state index contributed by atoms with van der Waals surface area (Å²) in [6, 6.07) is 0. The van der Waals surface area contributed by atoms with E-state index in [0.29, 0.717) is 161 Å². The van der Waals surface area contributed by atoms with Gasteiger partial charge in [0.2, 0.25) is 0 Å². The van der Waals surface area contributed by atoms with E-state index >= 15 is 0 Å². The summed E-state index contributed by atoms with van der Waals surface area (Å²) in [5.74, 6) is 11.6. The molecule has 9 unspecified atom stereocenters. The third kappa shape index (κ3) is 14.3. The van der Waals surface area contributed by atoms with Crippen LogP contribution in [-0.2, 0) is 57.0 Å². The number of aliphatic hydroxyl groups is 1. The average Bonchev–Trinajstić information content (AvgIpc) is 1.62. The Labute approximate surface area is 570 Å². The number of hydrogen-bond donors (Lipinski definition) is 1. The molecule has 28 atom stereocenters. The fourth-order valence-electron chi connectivity index (χ4n) is 26.6. The lowest BCUT2D eigenvalue weighted by atomic mass is 9.43. The van der Waals surface area contributed by atoms with E-state index in [4.69, 9.17) is 42.6 Å². The van der Waals surface area contributed by atoms with Gasteiger partial charge in [-0.2, -0.15) is 0 Å². The van der Waals surface area contributed by atoms with Crippen molar-refractivity contribution in [2.24, 2.45) is 139 Å². The fourth-order valence-corrected chi connectivity index (χ4v) is 26.6. The smallest absolute Gasteiger partial charge is 0.305 e. The molecule has 13 heteroatoms. The predicted molar refractivity (Wildman–Crippen MR) is 368 cm³/mol. The van der Waals surface area contributed by atoms with E-state index in [9.17, 15) is 19.5 Å². The molecule has 0 aromatic heterocycles. The lowest BCUT2D eigenvalue weighted by molar-refractivity contribution is -0.207. The van der Waals surface area contributed by atoms with Gasteiger partial charge in [-0.3, -0.25) is 14.4 Å². The van der Waals surface area contributed by atoms with Crippen molar-refractivity contribution in [3.63, 3.8) is 0 Å². The molecule has 13 nitrogen and oxygen atoms in total. The molecule has 0 heterocycles. The number of carbonyl (C=O) groups excluding carboxylic acids is 3. The minimum atomic E-state index is -0.145. The molecule has 0 saturated heterocycles. The molecule has 94 heavy (non-hydrogen) atoms. The quantitative estimate of drug-likeness (QED) is 0.0502. The van der Waals surface area contributed by atoms with Gasteiger partial charge in [0.05, 0.1) is 45.7 Å². The lowest BCUT2D eigenvalue weighted by Gasteiger charge is -2.63. The Bertz CT molecular complexity index is 2490. The zero-order valence-electron chi connectivity index (χ0n) is 61.8. The van der Waals surface area contributed by atoms with Crippen LogP contribution in [0.4, 0.5) is 0 Å². The molecule has 12 aliphatic carbocycles. The summed E-state index contributed by atoms with van der Waals surface area (Å²) in [5.41, 5.74) is 2.21. The van der Waals surface area contributed by atoms with Gasteiger partial charge in [-0.1, -0.05) is 86.6 Å². The normalized spacial score (nSPS) is 45.4. The second-order valence-electron chi connectivity index (χ2n) is 35.2. The highest BCUT2D eigenvalue weighted by Crippen LogP contribution is 2.72. The van der Waals surface area contributed by atoms with Gasteiger partial charge in [-0.15, -0.1) is 0 Å². The number of methoxy groups -OCH3 is 6. The molecule has 0 amide bonds. The van der Waals surface area contributed by atoms with E-state index < -0.39 is 0 Å². The second-order valence-corrected chi connectivity index (χ2v) is 35.2. The maximum Gasteiger partial charge on any atom is 0.305 e. The van der Waals surface area contributed by atoms with Gasteiger partial charge in [0, 0.05) is 40.6 Å². The van der Waals surface area contributed by atoms with Crippen LogP contribution in [0.1, 0.15) is 242 Å². The van der Waals surface area contributed by atoms with Crippen molar-refractivity contribution in [2.75, 3.05) is 63.0 Å². The molecular weight excluding hydrogens is 1180 g/mol. The Kier molecular flexibility index (Phi) is 24.7. The van der Waals surface area contributed by atoms with Crippen LogP contribution in [0.15, 0.2) is 24.3 Å². The van der Waals surface area contributed by atoms with Crippen LogP contribution in [-0.4, -0.2) is 110 Å². The molecular formula is C81H134O13. The zero-order chi connectivity index (χ0) is 67.5. The van der Waals surface area contributed by atoms with Crippen molar-refractivity contribution in [3.8, 4) is 0 Å². The number of rotatable bonds is 21. The molecule has 0 aliphatic heterocycles. The van der Waals surface area contributed by atoms with Crippen molar-refractivity contribution in [1.29, 1.82) is 0 Å². The van der Waals surface area contributed by atoms with E-state index in [2.05, 4.69) is 86.6 Å². The molecule has 0 radical (unpaired) electrons. The van der Waals surface area contributed by atoms with Crippen molar-refractivity contribution in [3.05, 3.63) is 24.3 Å². The molecule has 0 aromatic carbocycles. The van der Waals surface area contributed by atoms with E-state index in [1.807, 2.05) is 0 Å². The summed E-state index contributed by atoms with van der Waals surface area (Å²) in [7, 11) is 9.69. The van der Waals surface area contributed by atoms with Crippen LogP contribution in [0.2, 0.25) is 0 Å². The summed E-state index contributed by atoms with van der Waals surface area (Å²) < 4.78 is 50.1. The molecule has 0 bridgehead atoms. The van der Waals surface area contributed by atoms with Crippen molar-refractivity contribution in [1.82, 2.24) is 0 Å². The molecule has 0 spiro atoms. The van der Waals surface area contributed by atoms with Crippen molar-refractivity contribution < 1.29 is 62.1 Å². The summed E-state index contributed by atoms with van der Waals surface area (Å²) in [4.78, 5) is 35.2. The van der Waals surface area contributed by atoms with Gasteiger partial charge in [-0.25, -0.2) is 0 Å². The van der Waals surface area contributed by atoms with Gasteiger partial charge >= 0.3 is 17.9 Å². The van der Waals surface area contributed by atoms with Crippen molar-refractivity contribution in [2.45, 2.75) is 267 Å². The molecule has 10 fully saturated rings. The summed E-state index contributed by atoms with van der Waals surface area (Å²) in [5, 5.41) is 10.4. The Balaban J connectivity index is 0.000000154. The van der Waals surface area contributed by atoms with Gasteiger partial charge in [-0.05, 0) is 300 Å². The van der Waals surface area contributed by atoms with E-state index in [-0.39, 0.29) is 30.1 Å². The monoisotopic (exact) mass is 1310 g/mol. The van der Waals surface area contributed by atoms with Crippen LogP contribution < -0.4 is 0 Å². The Morgan fingerprint density at radius 1 is 0.426 bits per heavy atom. The number of allylic oxidation sites excluding steroid dienone is 4. The lowest BCUT2D eigenvalue weighted by Crippen LogP contribution is -2.59. The van der Waals surface area contributed by atoms with Gasteiger partial charge in [0.1, 0.15) is 20.4 Å². The molecule has 10 saturated carbocycles. The van der Waals surface area contributed by atoms with Crippen LogP contribution >= 0.6 is 0 Å². The topological polar surface area (TPSA) is 155 Å². The fraction of sp³-hybridized carbons (Fsp3) is 0.914. The van der Waals surface area contributed by atoms with Crippen LogP contribution in [0, 0.1) is 139 Å². The Morgan fingerprint density at radius 2 is 0.809 bits per heavy atom. The van der Waals surface area contributed by atoms with Crippen molar-refractivity contribution >= 4 is 17.9 Å². The SMILES string of the molecule is COCO[C@H]1C[C@@H]2C=CCC[C@]2(C)C2CC[C@@]3(C)C(CC[C@@H]3[C@H](C)CCC(=O)OC)C21.COCO[C@H]1C[C@@H]2CC=CC[C@]2(C)C2CC[C@@]3(C)C(CC[C@@H]3[C@H](C)CCC(=O)OC)C21.COCO[C@H]1C[C@@H]2C[C@H](O)CC[C@]2(C)C2CC[C@@]3(C)C(CC[C@@H]3[C@H](C)CCC(=O)OC)C21. The minimum Gasteiger partial charge on any atom is -0.469 e. The first-order chi connectivity index (χ1) is 44.9. The standard InChI is InChI=1S/C27H46O5.2C27H44O4/c1-17(6-9-24(29)31-5)20-7-8-21-25-22(11-13-27(20,21)3)26(2)12-10-19(28)14-18(26)15-23(25)32-16-30-4;2*1-18(9-12-24(28)30-5)20-10-11-21-25-22(13-15-27(20,21)3)26(2)14-7-6-8-19(26)16-23(25)31-17-29-4/h17-23,25,28H,6-16H2,1-5H3;6,8,18-23,25H,7,9-17H2,1-5H3;6-7,18-23,25H,8-17H2,1-5H3/t17-,18+,19-,20-,21?,22?,23+,25?,26+,27-;2*18-,19+,20-,21?,22?,23+,25?,26+,27-/m111/s1. The zero-order valence-corrected chi connectivity index (χ0v) is 61.8. The maximum absolute atomic E-state index is 11.7. The molecule has 0 aromatic rings. The summed E-state index contributed by atoms with van der Waals surface area (Å²) >= 11 is 0. The maximum atomic E-state index is 11.7. The molecule has 12 aliphatic rings. The third-order valence-electron chi connectivity index (χ3n) is 31.6. The second kappa shape index (κ2) is 31.2. The number of hydrogen-bond acceptors (Lipinski definition) is 13. The van der Waals surface area contributed by atoms with Gasteiger partial charge in [0.15, 0.2) is 0 Å². The first kappa shape index (κ1) is 74.3. The summed E-state index contributed by atoms with van der Waals surface area (Å²) in [6.45, 7) is 23.7. The van der Waals surface area contributed by atoms with E-state index in [1.54, 1.807) is 21.3 Å². The van der Waals surface area contributed by atoms with E-state index in [0.717, 1.165) is 81.0 Å². The molecule has 536 valence electrons. The number of aliphatic hydroxyl groups excluding tert-OH is 1. The summed E-state index contributed by atoms with van der Waals surface area (Å²) in [6.07, 6.45) is 42.0. The highest BCUT2D eigenvalue weighted by Gasteiger charge is 2.66. The third-order valence-corrected chi connectivity index (χ3v) is 31.6. The largest absolute Gasteiger partial charge is 0.469 e. The molecule has 12 rings (SSSR count). The van der Waals surface area contributed by atoms with E-state index in [1.165, 1.54) is 130 Å². The highest BCUT2D eigenvalue weighted by atomic mass is 16.7. The van der Waals surface area contributed by atoms with Crippen LogP contribution in [0.25, 0.3) is 0 Å². The Hall–Kier alpha value is -2.39. The number of fused-ring (bicyclic) bond motifs is 15. The van der Waals surface area contributed by atoms with Gasteiger partial charge < -0.3 is 47.7 Å². The minimum absolute atomic E-state index is 0.0695. The molecule has 1 N–H and O–H groups in total. The number of ether oxygens (including phenoxy) is 9. The highest BCUT2D eigenvalue weighted by molar-refractivity contribution is 5.69. The first-order valence-electron chi connectivity index (χ1n) is 38.5. The predicted octanol–water partition coefficient (Wildman–Crippen LogP) is 17.2. The average molecular weight is 1320 g/mol. The van der Waals surface area contributed by atoms with Gasteiger partial charge in [0.25, 0.3) is 0 Å². The first-order valence-corrected chi connectivity index (χ1v) is 38.5. The van der Waals surface area contributed by atoms with Crippen LogP contribution in [0.5, 0.6) is 0 Å². The number of carbonyl (C=O) groups is 3. The number of esters is 3. The van der Waals surface area contributed by atoms with Crippen LogP contribution in [0.3, 0.4) is 0 Å². The Morgan fingerprint density at radius 3 is 1.23 bits per heavy atom.